The van der Waals surface area contributed by atoms with Crippen LogP contribution in [0.15, 0.2) is 60.9 Å². The van der Waals surface area contributed by atoms with Crippen LogP contribution in [-0.2, 0) is 20.3 Å². The molecule has 10 heteroatoms. The molecule has 4 rings (SSSR count). The summed E-state index contributed by atoms with van der Waals surface area (Å²) in [6.07, 6.45) is 3.92. The van der Waals surface area contributed by atoms with Crippen molar-refractivity contribution in [1.29, 1.82) is 0 Å². The molecule has 1 aromatic heterocycles. The van der Waals surface area contributed by atoms with Gasteiger partial charge in [0.25, 0.3) is 0 Å². The molecule has 2 atom stereocenters. The van der Waals surface area contributed by atoms with Crippen LogP contribution >= 0.6 is 0 Å². The minimum absolute atomic E-state index is 0.0264. The summed E-state index contributed by atoms with van der Waals surface area (Å²) in [5.41, 5.74) is 3.06. The molecule has 0 saturated heterocycles. The van der Waals surface area contributed by atoms with Gasteiger partial charge in [-0.25, -0.2) is 9.59 Å². The third-order valence-corrected chi connectivity index (χ3v) is 13.1. The van der Waals surface area contributed by atoms with Crippen molar-refractivity contribution in [3.8, 4) is 22.6 Å². The summed E-state index contributed by atoms with van der Waals surface area (Å²) in [6, 6.07) is 14.7. The molecule has 0 radical (unpaired) electrons. The van der Waals surface area contributed by atoms with Gasteiger partial charge in [0.1, 0.15) is 28.8 Å². The fourth-order valence-electron chi connectivity index (χ4n) is 5.05. The minimum atomic E-state index is -2.22. The van der Waals surface area contributed by atoms with Gasteiger partial charge in [0, 0.05) is 12.4 Å². The van der Waals surface area contributed by atoms with Crippen LogP contribution in [0.5, 0.6) is 11.5 Å². The maximum atomic E-state index is 13.7. The Labute approximate surface area is 274 Å². The Morgan fingerprint density at radius 3 is 2.37 bits per heavy atom. The van der Waals surface area contributed by atoms with Gasteiger partial charge in [-0.15, -0.1) is 0 Å². The lowest BCUT2D eigenvalue weighted by molar-refractivity contribution is 0.00490. The fraction of sp³-hybridized carbons (Fsp3) is 0.472. The molecule has 2 aromatic carbocycles. The Balaban J connectivity index is 1.56. The zero-order valence-electron chi connectivity index (χ0n) is 28.5. The van der Waals surface area contributed by atoms with E-state index in [1.165, 1.54) is 7.11 Å². The van der Waals surface area contributed by atoms with E-state index in [4.69, 9.17) is 18.6 Å². The number of phenols is 1. The largest absolute Gasteiger partial charge is 0.507 e. The molecule has 0 spiro atoms. The van der Waals surface area contributed by atoms with Gasteiger partial charge in [-0.2, -0.15) is 0 Å². The monoisotopic (exact) mass is 648 g/mol. The van der Waals surface area contributed by atoms with Crippen LogP contribution < -0.4 is 4.74 Å². The van der Waals surface area contributed by atoms with Gasteiger partial charge in [-0.05, 0) is 104 Å². The molecule has 1 aliphatic heterocycles. The molecule has 0 aliphatic carbocycles. The number of carbonyl (C=O) groups is 2. The third-order valence-electron chi connectivity index (χ3n) is 8.59. The number of aryl methyl sites for hydroxylation is 1. The number of aromatic hydroxyl groups is 1. The van der Waals surface area contributed by atoms with Crippen LogP contribution in [0.1, 0.15) is 75.6 Å². The van der Waals surface area contributed by atoms with Crippen molar-refractivity contribution in [2.45, 2.75) is 90.3 Å². The predicted molar refractivity (Wildman–Crippen MR) is 181 cm³/mol. The number of phenolic OH excluding ortho intramolecular Hbond substituents is 1. The first-order valence-electron chi connectivity index (χ1n) is 15.7. The Kier molecular flexibility index (Phi) is 10.5. The second-order valence-electron chi connectivity index (χ2n) is 14.4. The highest BCUT2D eigenvalue weighted by atomic mass is 28.4. The van der Waals surface area contributed by atoms with Gasteiger partial charge >= 0.3 is 12.1 Å². The van der Waals surface area contributed by atoms with E-state index in [0.717, 1.165) is 34.4 Å². The number of hydrogen-bond acceptors (Lipinski definition) is 8. The van der Waals surface area contributed by atoms with Gasteiger partial charge in [-0.1, -0.05) is 39.0 Å². The highest BCUT2D eigenvalue weighted by molar-refractivity contribution is 6.74. The first kappa shape index (κ1) is 35.0. The molecule has 0 unspecified atom stereocenters. The molecule has 9 nitrogen and oxygen atoms in total. The van der Waals surface area contributed by atoms with Crippen LogP contribution in [0.3, 0.4) is 0 Å². The van der Waals surface area contributed by atoms with E-state index in [0.29, 0.717) is 19.5 Å². The van der Waals surface area contributed by atoms with Gasteiger partial charge in [0.15, 0.2) is 8.32 Å². The summed E-state index contributed by atoms with van der Waals surface area (Å²) in [5, 5.41) is 10.4. The van der Waals surface area contributed by atoms with E-state index in [-0.39, 0.29) is 28.6 Å². The Bertz CT molecular complexity index is 1530. The third kappa shape index (κ3) is 8.67. The van der Waals surface area contributed by atoms with Crippen LogP contribution in [0.2, 0.25) is 18.1 Å². The van der Waals surface area contributed by atoms with Crippen LogP contribution in [0.4, 0.5) is 4.79 Å². The normalized spacial score (nSPS) is 15.7. The Morgan fingerprint density at radius 2 is 1.76 bits per heavy atom. The second kappa shape index (κ2) is 13.8. The van der Waals surface area contributed by atoms with Crippen molar-refractivity contribution in [2.75, 3.05) is 20.2 Å². The summed E-state index contributed by atoms with van der Waals surface area (Å²) in [5.74, 6) is 0.0243. The van der Waals surface area contributed by atoms with Gasteiger partial charge in [0.05, 0.1) is 26.3 Å². The van der Waals surface area contributed by atoms with E-state index < -0.39 is 26.0 Å². The summed E-state index contributed by atoms with van der Waals surface area (Å²) >= 11 is 0. The summed E-state index contributed by atoms with van der Waals surface area (Å²) < 4.78 is 24.0. The molecule has 1 amide bonds. The first-order valence-corrected chi connectivity index (χ1v) is 18.6. The van der Waals surface area contributed by atoms with Crippen molar-refractivity contribution >= 4 is 20.4 Å². The topological polar surface area (TPSA) is 107 Å². The number of methoxy groups -OCH3 is 1. The van der Waals surface area contributed by atoms with Crippen molar-refractivity contribution < 1.29 is 33.3 Å². The zero-order valence-corrected chi connectivity index (χ0v) is 29.5. The molecule has 2 heterocycles. The number of rotatable bonds is 9. The minimum Gasteiger partial charge on any atom is -0.507 e. The lowest BCUT2D eigenvalue weighted by Crippen LogP contribution is -2.48. The first-order chi connectivity index (χ1) is 21.5. The van der Waals surface area contributed by atoms with Crippen molar-refractivity contribution in [1.82, 2.24) is 9.88 Å². The van der Waals surface area contributed by atoms with Gasteiger partial charge in [-0.3, -0.25) is 4.98 Å². The van der Waals surface area contributed by atoms with Crippen LogP contribution in [-0.4, -0.2) is 67.3 Å². The van der Waals surface area contributed by atoms with Crippen molar-refractivity contribution in [3.63, 3.8) is 0 Å². The highest BCUT2D eigenvalue weighted by Gasteiger charge is 2.41. The smallest absolute Gasteiger partial charge is 0.410 e. The molecule has 3 aromatic rings. The second-order valence-corrected chi connectivity index (χ2v) is 19.1. The quantitative estimate of drug-likeness (QED) is 0.184. The molecule has 1 aliphatic rings. The van der Waals surface area contributed by atoms with E-state index >= 15 is 0 Å². The van der Waals surface area contributed by atoms with E-state index in [1.54, 1.807) is 35.5 Å². The van der Waals surface area contributed by atoms with Crippen molar-refractivity contribution in [3.05, 3.63) is 77.6 Å². The number of pyridine rings is 1. The summed E-state index contributed by atoms with van der Waals surface area (Å²) in [7, 11) is -0.944. The van der Waals surface area contributed by atoms with Gasteiger partial charge in [0.2, 0.25) is 0 Å². The predicted octanol–water partition coefficient (Wildman–Crippen LogP) is 7.93. The molecule has 0 bridgehead atoms. The molecule has 1 N–H and O–H groups in total. The molecular weight excluding hydrogens is 600 g/mol. The summed E-state index contributed by atoms with van der Waals surface area (Å²) in [4.78, 5) is 31.6. The van der Waals surface area contributed by atoms with Crippen molar-refractivity contribution in [2.24, 2.45) is 0 Å². The molecule has 0 saturated carbocycles. The average molecular weight is 649 g/mol. The zero-order chi connectivity index (χ0) is 33.9. The average Bonchev–Trinajstić information content (AvgIpc) is 2.98. The number of hydrogen-bond donors (Lipinski definition) is 1. The van der Waals surface area contributed by atoms with E-state index in [1.807, 2.05) is 51.1 Å². The number of aromatic nitrogens is 1. The molecule has 46 heavy (non-hydrogen) atoms. The number of amides is 1. The standard InChI is InChI=1S/C36H48N2O7Si/c1-35(2,3)44-34(41)38(23-32(27-11-10-18-37-21-27)45-46(8,9)36(4,5)6)22-28-15-12-26-19-24(14-17-31(26)43-28)25-13-16-29(30(39)20-25)33(40)42-7/h10-11,13-14,16-21,28,32,39H,12,15,22-23H2,1-9H3/t28-,32+/m1/s1. The number of esters is 1. The lowest BCUT2D eigenvalue weighted by Gasteiger charge is -2.41. The van der Waals surface area contributed by atoms with Crippen LogP contribution in [0.25, 0.3) is 11.1 Å². The maximum absolute atomic E-state index is 13.7. The Hall–Kier alpha value is -3.89. The maximum Gasteiger partial charge on any atom is 0.410 e. The number of ether oxygens (including phenoxy) is 3. The molecular formula is C36H48N2O7Si. The Morgan fingerprint density at radius 1 is 1.07 bits per heavy atom. The molecule has 0 fully saturated rings. The summed E-state index contributed by atoms with van der Waals surface area (Å²) in [6.45, 7) is 17.2. The lowest BCUT2D eigenvalue weighted by atomic mass is 9.96. The number of fused-ring (bicyclic) bond motifs is 1. The highest BCUT2D eigenvalue weighted by Crippen LogP contribution is 2.40. The van der Waals surface area contributed by atoms with Crippen LogP contribution in [0, 0.1) is 0 Å². The number of nitrogens with zero attached hydrogens (tertiary/aromatic N) is 2. The number of benzene rings is 2. The molecule has 248 valence electrons. The van der Waals surface area contributed by atoms with E-state index in [2.05, 4.69) is 38.8 Å². The fourth-order valence-corrected chi connectivity index (χ4v) is 6.33. The number of carbonyl (C=O) groups excluding carboxylic acids is 2. The van der Waals surface area contributed by atoms with E-state index in [9.17, 15) is 14.7 Å². The SMILES string of the molecule is COC(=O)c1ccc(-c2ccc3c(c2)CC[C@H](CN(C[C@H](O[Si](C)(C)C(C)(C)C)c2cccnc2)C(=O)OC(C)(C)C)O3)cc1O. The van der Waals surface area contributed by atoms with Gasteiger partial charge < -0.3 is 28.6 Å².